The first kappa shape index (κ1) is 15.3. The minimum atomic E-state index is -3.43. The van der Waals surface area contributed by atoms with Gasteiger partial charge in [-0.2, -0.15) is 0 Å². The minimum Gasteiger partial charge on any atom is -0.369 e. The third kappa shape index (κ3) is 3.31. The zero-order chi connectivity index (χ0) is 14.6. The number of para-hydroxylation sites is 1. The molecule has 0 saturated carbocycles. The van der Waals surface area contributed by atoms with E-state index < -0.39 is 10.0 Å². The molecule has 0 spiro atoms. The molecule has 112 valence electrons. The monoisotopic (exact) mass is 297 g/mol. The summed E-state index contributed by atoms with van der Waals surface area (Å²) in [6.45, 7) is 3.93. The number of hydrogen-bond acceptors (Lipinski definition) is 4. The van der Waals surface area contributed by atoms with E-state index in [9.17, 15) is 8.42 Å². The van der Waals surface area contributed by atoms with Gasteiger partial charge in [-0.15, -0.1) is 0 Å². The Morgan fingerprint density at radius 1 is 1.35 bits per heavy atom. The largest absolute Gasteiger partial charge is 0.369 e. The van der Waals surface area contributed by atoms with Gasteiger partial charge in [-0.1, -0.05) is 19.1 Å². The highest BCUT2D eigenvalue weighted by Gasteiger charge is 2.24. The van der Waals surface area contributed by atoms with Gasteiger partial charge in [-0.05, 0) is 32.0 Å². The molecular weight excluding hydrogens is 274 g/mol. The quantitative estimate of drug-likeness (QED) is 0.856. The predicted molar refractivity (Wildman–Crippen MR) is 81.6 cm³/mol. The Morgan fingerprint density at radius 3 is 2.80 bits per heavy atom. The Bertz CT molecular complexity index is 545. The van der Waals surface area contributed by atoms with E-state index in [0.29, 0.717) is 17.5 Å². The molecule has 1 aliphatic rings. The Kier molecular flexibility index (Phi) is 5.01. The second kappa shape index (κ2) is 6.56. The summed E-state index contributed by atoms with van der Waals surface area (Å²) in [5, 5.41) is 3.28. The number of rotatable bonds is 5. The maximum atomic E-state index is 12.3. The summed E-state index contributed by atoms with van der Waals surface area (Å²) in [7, 11) is -1.47. The highest BCUT2D eigenvalue weighted by molar-refractivity contribution is 7.89. The first-order valence-corrected chi connectivity index (χ1v) is 8.57. The van der Waals surface area contributed by atoms with Gasteiger partial charge >= 0.3 is 0 Å². The molecular formula is C14H23N3O2S. The van der Waals surface area contributed by atoms with Crippen molar-refractivity contribution in [2.45, 2.75) is 30.7 Å². The van der Waals surface area contributed by atoms with Crippen molar-refractivity contribution in [1.29, 1.82) is 0 Å². The number of likely N-dealkylation sites (N-methyl/N-ethyl adjacent to an activating group) is 1. The van der Waals surface area contributed by atoms with E-state index in [0.717, 1.165) is 31.6 Å². The number of nitrogens with zero attached hydrogens (tertiary/aromatic N) is 1. The highest BCUT2D eigenvalue weighted by atomic mass is 32.2. The molecule has 0 aliphatic carbocycles. The molecule has 2 rings (SSSR count). The van der Waals surface area contributed by atoms with Gasteiger partial charge < -0.3 is 10.2 Å². The van der Waals surface area contributed by atoms with Gasteiger partial charge in [0.2, 0.25) is 10.0 Å². The van der Waals surface area contributed by atoms with Crippen LogP contribution in [0.3, 0.4) is 0 Å². The third-order valence-corrected chi connectivity index (χ3v) is 5.25. The first-order valence-electron chi connectivity index (χ1n) is 7.09. The molecule has 1 atom stereocenters. The van der Waals surface area contributed by atoms with Crippen LogP contribution in [0.4, 0.5) is 5.69 Å². The average molecular weight is 297 g/mol. The van der Waals surface area contributed by atoms with E-state index in [1.54, 1.807) is 19.1 Å². The number of anilines is 1. The van der Waals surface area contributed by atoms with Crippen LogP contribution in [0.2, 0.25) is 0 Å². The van der Waals surface area contributed by atoms with Crippen LogP contribution in [-0.2, 0) is 10.0 Å². The maximum Gasteiger partial charge on any atom is 0.242 e. The summed E-state index contributed by atoms with van der Waals surface area (Å²) >= 11 is 0. The number of sulfonamides is 1. The Hall–Kier alpha value is -1.11. The van der Waals surface area contributed by atoms with Gasteiger partial charge in [0, 0.05) is 25.7 Å². The first-order chi connectivity index (χ1) is 9.58. The van der Waals surface area contributed by atoms with Gasteiger partial charge in [-0.3, -0.25) is 0 Å². The summed E-state index contributed by atoms with van der Waals surface area (Å²) in [5.41, 5.74) is 0.799. The highest BCUT2D eigenvalue weighted by Crippen LogP contribution is 2.27. The molecule has 0 aromatic heterocycles. The average Bonchev–Trinajstić information content (AvgIpc) is 2.47. The molecule has 6 heteroatoms. The Balaban J connectivity index is 2.33. The van der Waals surface area contributed by atoms with Crippen molar-refractivity contribution >= 4 is 15.7 Å². The summed E-state index contributed by atoms with van der Waals surface area (Å²) in [6, 6.07) is 7.65. The van der Waals surface area contributed by atoms with E-state index in [4.69, 9.17) is 0 Å². The molecule has 20 heavy (non-hydrogen) atoms. The lowest BCUT2D eigenvalue weighted by atomic mass is 10.1. The topological polar surface area (TPSA) is 61.4 Å². The number of benzene rings is 1. The van der Waals surface area contributed by atoms with Gasteiger partial charge in [0.15, 0.2) is 0 Å². The van der Waals surface area contributed by atoms with Gasteiger partial charge in [0.25, 0.3) is 0 Å². The molecule has 1 saturated heterocycles. The fourth-order valence-corrected chi connectivity index (χ4v) is 3.91. The zero-order valence-electron chi connectivity index (χ0n) is 12.1. The zero-order valence-corrected chi connectivity index (χ0v) is 12.9. The predicted octanol–water partition coefficient (Wildman–Crippen LogP) is 1.17. The van der Waals surface area contributed by atoms with E-state index in [2.05, 4.69) is 14.9 Å². The van der Waals surface area contributed by atoms with E-state index in [-0.39, 0.29) is 0 Å². The van der Waals surface area contributed by atoms with E-state index >= 15 is 0 Å². The Morgan fingerprint density at radius 2 is 2.10 bits per heavy atom. The van der Waals surface area contributed by atoms with Crippen molar-refractivity contribution < 1.29 is 8.42 Å². The lowest BCUT2D eigenvalue weighted by Crippen LogP contribution is -2.45. The van der Waals surface area contributed by atoms with Crippen molar-refractivity contribution in [1.82, 2.24) is 10.0 Å². The normalized spacial score (nSPS) is 20.1. The minimum absolute atomic E-state index is 0.374. The van der Waals surface area contributed by atoms with Gasteiger partial charge in [0.05, 0.1) is 5.69 Å². The molecule has 2 N–H and O–H groups in total. The molecule has 0 radical (unpaired) electrons. The Labute approximate surface area is 121 Å². The van der Waals surface area contributed by atoms with Gasteiger partial charge in [-0.25, -0.2) is 13.1 Å². The summed E-state index contributed by atoms with van der Waals surface area (Å²) in [6.07, 6.45) is 2.20. The number of piperidine rings is 1. The molecule has 1 aromatic carbocycles. The number of nitrogens with one attached hydrogen (secondary N) is 2. The van der Waals surface area contributed by atoms with Crippen molar-refractivity contribution in [3.05, 3.63) is 24.3 Å². The van der Waals surface area contributed by atoms with Crippen LogP contribution >= 0.6 is 0 Å². The molecule has 0 bridgehead atoms. The second-order valence-corrected chi connectivity index (χ2v) is 6.78. The van der Waals surface area contributed by atoms with Crippen molar-refractivity contribution in [3.63, 3.8) is 0 Å². The van der Waals surface area contributed by atoms with E-state index in [1.807, 2.05) is 19.2 Å². The van der Waals surface area contributed by atoms with Crippen LogP contribution in [-0.4, -0.2) is 41.1 Å². The lowest BCUT2D eigenvalue weighted by Gasteiger charge is -2.35. The smallest absolute Gasteiger partial charge is 0.242 e. The van der Waals surface area contributed by atoms with Crippen LogP contribution in [0.25, 0.3) is 0 Å². The van der Waals surface area contributed by atoms with Crippen molar-refractivity contribution in [2.24, 2.45) is 0 Å². The molecule has 0 amide bonds. The van der Waals surface area contributed by atoms with Crippen LogP contribution < -0.4 is 14.9 Å². The summed E-state index contributed by atoms with van der Waals surface area (Å²) in [5.74, 6) is 0. The molecule has 5 nitrogen and oxygen atoms in total. The van der Waals surface area contributed by atoms with Crippen molar-refractivity contribution in [3.8, 4) is 0 Å². The van der Waals surface area contributed by atoms with E-state index in [1.165, 1.54) is 0 Å². The fraction of sp³-hybridized carbons (Fsp3) is 0.571. The fourth-order valence-electron chi connectivity index (χ4n) is 2.65. The van der Waals surface area contributed by atoms with Crippen LogP contribution in [0.1, 0.15) is 19.8 Å². The van der Waals surface area contributed by atoms with Crippen LogP contribution in [0, 0.1) is 0 Å². The second-order valence-electron chi connectivity index (χ2n) is 5.04. The molecule has 1 aliphatic heterocycles. The molecule has 1 fully saturated rings. The SMILES string of the molecule is CCNS(=O)(=O)c1ccccc1N1CCCC(NC)C1. The van der Waals surface area contributed by atoms with Crippen LogP contribution in [0.5, 0.6) is 0 Å². The molecule has 1 heterocycles. The van der Waals surface area contributed by atoms with Gasteiger partial charge in [0.1, 0.15) is 4.90 Å². The molecule has 1 unspecified atom stereocenters. The standard InChI is InChI=1S/C14H23N3O2S/c1-3-16-20(18,19)14-9-5-4-8-13(14)17-10-6-7-12(11-17)15-2/h4-5,8-9,12,15-16H,3,6-7,10-11H2,1-2H3. The van der Waals surface area contributed by atoms with Crippen molar-refractivity contribution in [2.75, 3.05) is 31.6 Å². The summed E-state index contributed by atoms with van der Waals surface area (Å²) < 4.78 is 27.2. The molecule has 1 aromatic rings. The summed E-state index contributed by atoms with van der Waals surface area (Å²) in [4.78, 5) is 2.54. The third-order valence-electron chi connectivity index (χ3n) is 3.66. The maximum absolute atomic E-state index is 12.3. The lowest BCUT2D eigenvalue weighted by molar-refractivity contribution is 0.448. The van der Waals surface area contributed by atoms with Crippen LogP contribution in [0.15, 0.2) is 29.2 Å². The number of hydrogen-bond donors (Lipinski definition) is 2.